The number of fused-ring (bicyclic) bond motifs is 3. The van der Waals surface area contributed by atoms with Gasteiger partial charge in [0.15, 0.2) is 17.3 Å². The summed E-state index contributed by atoms with van der Waals surface area (Å²) >= 11 is 0. The number of hydrogen-bond acceptors (Lipinski definition) is 5. The Morgan fingerprint density at radius 1 is 1.23 bits per heavy atom. The second kappa shape index (κ2) is 4.27. The van der Waals surface area contributed by atoms with E-state index in [2.05, 4.69) is 4.98 Å². The van der Waals surface area contributed by atoms with Crippen molar-refractivity contribution in [1.82, 2.24) is 4.98 Å². The molecule has 0 fully saturated rings. The molecule has 1 unspecified atom stereocenters. The summed E-state index contributed by atoms with van der Waals surface area (Å²) in [7, 11) is 1.48. The third-order valence-corrected chi connectivity index (χ3v) is 4.19. The van der Waals surface area contributed by atoms with Crippen LogP contribution in [-0.2, 0) is 0 Å². The van der Waals surface area contributed by atoms with Crippen molar-refractivity contribution in [1.29, 1.82) is 0 Å². The van der Waals surface area contributed by atoms with Crippen molar-refractivity contribution in [3.8, 4) is 11.5 Å². The molecule has 0 aliphatic heterocycles. The van der Waals surface area contributed by atoms with Gasteiger partial charge in [-0.15, -0.1) is 0 Å². The zero-order valence-corrected chi connectivity index (χ0v) is 11.7. The highest BCUT2D eigenvalue weighted by molar-refractivity contribution is 6.05. The summed E-state index contributed by atoms with van der Waals surface area (Å²) in [5, 5.41) is 32.5. The van der Waals surface area contributed by atoms with Crippen LogP contribution in [0.4, 0.5) is 0 Å². The van der Waals surface area contributed by atoms with Crippen molar-refractivity contribution < 1.29 is 20.1 Å². The number of allylic oxidation sites excluding steroid dienone is 4. The fourth-order valence-electron chi connectivity index (χ4n) is 3.22. The van der Waals surface area contributed by atoms with Crippen LogP contribution < -0.4 is 4.74 Å². The monoisotopic (exact) mass is 295 g/mol. The number of pyridine rings is 1. The quantitative estimate of drug-likeness (QED) is 0.751. The lowest BCUT2D eigenvalue weighted by Gasteiger charge is -2.15. The molecule has 3 N–H and O–H groups in total. The minimum Gasteiger partial charge on any atom is -0.507 e. The summed E-state index contributed by atoms with van der Waals surface area (Å²) in [5.41, 5.74) is 1.94. The molecule has 0 spiro atoms. The van der Waals surface area contributed by atoms with Gasteiger partial charge >= 0.3 is 0 Å². The van der Waals surface area contributed by atoms with E-state index < -0.39 is 5.92 Å². The number of methoxy groups -OCH3 is 1. The summed E-state index contributed by atoms with van der Waals surface area (Å²) in [4.78, 5) is 4.39. The maximum absolute atomic E-state index is 10.5. The summed E-state index contributed by atoms with van der Waals surface area (Å²) in [5.74, 6) is -0.802. The van der Waals surface area contributed by atoms with Gasteiger partial charge in [0.2, 0.25) is 0 Å². The number of aromatic nitrogens is 1. The molecule has 22 heavy (non-hydrogen) atoms. The fourth-order valence-corrected chi connectivity index (χ4v) is 3.22. The summed E-state index contributed by atoms with van der Waals surface area (Å²) in [6.45, 7) is 0. The first-order chi connectivity index (χ1) is 10.6. The van der Waals surface area contributed by atoms with Gasteiger partial charge in [-0.1, -0.05) is 12.2 Å². The normalized spacial score (nSPS) is 19.1. The molecule has 0 bridgehead atoms. The molecular formula is C17H13NO4. The highest BCUT2D eigenvalue weighted by Gasteiger charge is 2.38. The molecule has 5 heteroatoms. The molecule has 2 aliphatic carbocycles. The van der Waals surface area contributed by atoms with Crippen LogP contribution in [0, 0.1) is 0 Å². The minimum absolute atomic E-state index is 0.0427. The molecule has 110 valence electrons. The molecule has 4 rings (SSSR count). The third-order valence-electron chi connectivity index (χ3n) is 4.19. The van der Waals surface area contributed by atoms with Crippen LogP contribution in [0.3, 0.4) is 0 Å². The Kier molecular flexibility index (Phi) is 2.48. The molecule has 2 aliphatic rings. The summed E-state index contributed by atoms with van der Waals surface area (Å²) in [6.07, 6.45) is 6.54. The van der Waals surface area contributed by atoms with Gasteiger partial charge in [-0.2, -0.15) is 0 Å². The summed E-state index contributed by atoms with van der Waals surface area (Å²) in [6, 6.07) is 3.56. The molecule has 1 aromatic heterocycles. The number of aliphatic hydroxyl groups is 2. The Labute approximate surface area is 126 Å². The van der Waals surface area contributed by atoms with Crippen LogP contribution in [0.1, 0.15) is 17.2 Å². The number of phenols is 1. The first-order valence-corrected chi connectivity index (χ1v) is 6.82. The zero-order valence-electron chi connectivity index (χ0n) is 11.7. The molecule has 1 aromatic carbocycles. The zero-order chi connectivity index (χ0) is 15.4. The van der Waals surface area contributed by atoms with Gasteiger partial charge in [-0.25, -0.2) is 0 Å². The highest BCUT2D eigenvalue weighted by atomic mass is 16.5. The first kappa shape index (κ1) is 12.8. The molecular weight excluding hydrogens is 282 g/mol. The van der Waals surface area contributed by atoms with Crippen molar-refractivity contribution >= 4 is 16.3 Å². The maximum atomic E-state index is 10.5. The van der Waals surface area contributed by atoms with Crippen LogP contribution in [0.25, 0.3) is 16.3 Å². The van der Waals surface area contributed by atoms with Gasteiger partial charge in [0.25, 0.3) is 0 Å². The van der Waals surface area contributed by atoms with Crippen molar-refractivity contribution in [2.24, 2.45) is 0 Å². The second-order valence-electron chi connectivity index (χ2n) is 5.28. The highest BCUT2D eigenvalue weighted by Crippen LogP contribution is 2.54. The molecule has 5 nitrogen and oxygen atoms in total. The number of rotatable bonds is 1. The van der Waals surface area contributed by atoms with E-state index in [1.54, 1.807) is 24.4 Å². The second-order valence-corrected chi connectivity index (χ2v) is 5.28. The van der Waals surface area contributed by atoms with Crippen LogP contribution >= 0.6 is 0 Å². The van der Waals surface area contributed by atoms with Crippen LogP contribution in [0.5, 0.6) is 11.5 Å². The van der Waals surface area contributed by atoms with E-state index in [4.69, 9.17) is 4.74 Å². The van der Waals surface area contributed by atoms with Crippen molar-refractivity contribution in [3.05, 3.63) is 59.3 Å². The maximum Gasteiger partial charge on any atom is 0.162 e. The van der Waals surface area contributed by atoms with Gasteiger partial charge < -0.3 is 20.1 Å². The topological polar surface area (TPSA) is 82.8 Å². The molecule has 1 heterocycles. The van der Waals surface area contributed by atoms with E-state index in [1.807, 2.05) is 6.07 Å². The number of hydrogen-bond donors (Lipinski definition) is 3. The standard InChI is InChI=1S/C17H13NO4/c1-22-11-7-8-5-6-18-15-9-3-2-4-10(19)16(20)13(9)14(12(8)15)17(11)21/h2-7,13,19-21H,1H3. The predicted octanol–water partition coefficient (Wildman–Crippen LogP) is 3.33. The van der Waals surface area contributed by atoms with Gasteiger partial charge in [-0.05, 0) is 29.2 Å². The summed E-state index contributed by atoms with van der Waals surface area (Å²) < 4.78 is 5.23. The van der Waals surface area contributed by atoms with Crippen LogP contribution in [-0.4, -0.2) is 27.4 Å². The first-order valence-electron chi connectivity index (χ1n) is 6.82. The average Bonchev–Trinajstić information content (AvgIpc) is 2.78. The molecule has 0 saturated heterocycles. The van der Waals surface area contributed by atoms with E-state index >= 15 is 0 Å². The molecule has 0 amide bonds. The smallest absolute Gasteiger partial charge is 0.162 e. The van der Waals surface area contributed by atoms with Gasteiger partial charge in [0.1, 0.15) is 5.76 Å². The van der Waals surface area contributed by atoms with Crippen molar-refractivity contribution in [2.45, 2.75) is 5.92 Å². The van der Waals surface area contributed by atoms with Crippen LogP contribution in [0.2, 0.25) is 0 Å². The average molecular weight is 295 g/mol. The molecule has 0 saturated carbocycles. The van der Waals surface area contributed by atoms with Gasteiger partial charge in [0.05, 0.1) is 18.7 Å². The molecule has 2 aromatic rings. The number of benzene rings is 1. The van der Waals surface area contributed by atoms with E-state index in [0.29, 0.717) is 17.0 Å². The minimum atomic E-state index is -0.655. The Morgan fingerprint density at radius 2 is 2.05 bits per heavy atom. The van der Waals surface area contributed by atoms with Gasteiger partial charge in [-0.3, -0.25) is 4.98 Å². The Morgan fingerprint density at radius 3 is 2.82 bits per heavy atom. The van der Waals surface area contributed by atoms with E-state index in [-0.39, 0.29) is 17.3 Å². The number of nitrogens with zero attached hydrogens (tertiary/aromatic N) is 1. The lowest BCUT2D eigenvalue weighted by molar-refractivity contribution is 0.320. The molecule has 1 atom stereocenters. The lowest BCUT2D eigenvalue weighted by atomic mass is 9.93. The van der Waals surface area contributed by atoms with E-state index in [1.165, 1.54) is 13.2 Å². The predicted molar refractivity (Wildman–Crippen MR) is 82.1 cm³/mol. The van der Waals surface area contributed by atoms with Gasteiger partial charge in [0, 0.05) is 17.1 Å². The molecule has 0 radical (unpaired) electrons. The fraction of sp³-hybridized carbons (Fsp3) is 0.118. The Bertz CT molecular complexity index is 909. The SMILES string of the molecule is COc1cc2ccnc3c2c(c1O)C1C3=CC=CC(O)=C1O. The number of aliphatic hydroxyl groups excluding tert-OH is 2. The Balaban J connectivity index is 2.17. The largest absolute Gasteiger partial charge is 0.507 e. The third kappa shape index (κ3) is 1.45. The van der Waals surface area contributed by atoms with E-state index in [9.17, 15) is 15.3 Å². The van der Waals surface area contributed by atoms with Crippen molar-refractivity contribution in [2.75, 3.05) is 7.11 Å². The van der Waals surface area contributed by atoms with Crippen molar-refractivity contribution in [3.63, 3.8) is 0 Å². The number of aromatic hydroxyl groups is 1. The Hall–Kier alpha value is -2.95. The number of phenolic OH excluding ortho intramolecular Hbond substituents is 1. The number of ether oxygens (including phenoxy) is 1. The van der Waals surface area contributed by atoms with E-state index in [0.717, 1.165) is 16.3 Å². The lowest BCUT2D eigenvalue weighted by Crippen LogP contribution is -2.03. The van der Waals surface area contributed by atoms with Crippen LogP contribution in [0.15, 0.2) is 48.1 Å².